The van der Waals surface area contributed by atoms with Crippen LogP contribution in [0.2, 0.25) is 0 Å². The van der Waals surface area contributed by atoms with Gasteiger partial charge in [0, 0.05) is 10.2 Å². The van der Waals surface area contributed by atoms with Gasteiger partial charge >= 0.3 is 0 Å². The molecule has 0 saturated heterocycles. The van der Waals surface area contributed by atoms with Crippen LogP contribution in [-0.2, 0) is 10.0 Å². The summed E-state index contributed by atoms with van der Waals surface area (Å²) < 4.78 is 40.8. The van der Waals surface area contributed by atoms with E-state index in [1.165, 1.54) is 12.1 Å². The van der Waals surface area contributed by atoms with Gasteiger partial charge in [-0.05, 0) is 49.7 Å². The van der Waals surface area contributed by atoms with Crippen LogP contribution in [0.3, 0.4) is 0 Å². The van der Waals surface area contributed by atoms with Gasteiger partial charge in [0.1, 0.15) is 16.5 Å². The molecule has 1 N–H and O–H groups in total. The van der Waals surface area contributed by atoms with E-state index in [-0.39, 0.29) is 5.82 Å². The second-order valence-corrected chi connectivity index (χ2v) is 6.92. The first kappa shape index (κ1) is 14.9. The third kappa shape index (κ3) is 3.34. The highest BCUT2D eigenvalue weighted by Crippen LogP contribution is 2.22. The maximum atomic E-state index is 13.7. The number of benzene rings is 1. The summed E-state index contributed by atoms with van der Waals surface area (Å²) in [5.74, 6) is -0.652. The van der Waals surface area contributed by atoms with E-state index in [0.29, 0.717) is 10.2 Å². The quantitative estimate of drug-likeness (QED) is 0.914. The molecule has 1 heterocycles. The Bertz CT molecular complexity index is 743. The van der Waals surface area contributed by atoms with E-state index < -0.39 is 20.7 Å². The average molecular weight is 359 g/mol. The summed E-state index contributed by atoms with van der Waals surface area (Å²) >= 11 is 3.08. The van der Waals surface area contributed by atoms with Crippen LogP contribution in [0.1, 0.15) is 11.3 Å². The highest BCUT2D eigenvalue weighted by atomic mass is 79.9. The molecule has 0 aliphatic heterocycles. The molecule has 1 aromatic heterocycles. The Morgan fingerprint density at radius 3 is 2.50 bits per heavy atom. The van der Waals surface area contributed by atoms with Gasteiger partial charge in [-0.25, -0.2) is 17.8 Å². The van der Waals surface area contributed by atoms with Gasteiger partial charge < -0.3 is 0 Å². The first-order valence-electron chi connectivity index (χ1n) is 5.71. The number of halogens is 2. The Hall–Kier alpha value is -1.47. The van der Waals surface area contributed by atoms with Gasteiger partial charge in [0.05, 0.1) is 0 Å². The summed E-state index contributed by atoms with van der Waals surface area (Å²) in [5.41, 5.74) is 1.55. The SMILES string of the molecule is Cc1cc(C)nc(NS(=O)(=O)c2ccc(Br)cc2F)c1. The molecule has 0 fully saturated rings. The normalized spacial score (nSPS) is 11.4. The maximum Gasteiger partial charge on any atom is 0.265 e. The van der Waals surface area contributed by atoms with Crippen molar-refractivity contribution in [3.05, 3.63) is 51.9 Å². The molecule has 2 aromatic rings. The maximum absolute atomic E-state index is 13.7. The highest BCUT2D eigenvalue weighted by molar-refractivity contribution is 9.10. The molecule has 2 rings (SSSR count). The molecule has 106 valence electrons. The second kappa shape index (κ2) is 5.49. The van der Waals surface area contributed by atoms with Gasteiger partial charge in [-0.3, -0.25) is 4.72 Å². The van der Waals surface area contributed by atoms with Crippen molar-refractivity contribution in [2.45, 2.75) is 18.7 Å². The zero-order chi connectivity index (χ0) is 14.9. The van der Waals surface area contributed by atoms with Crippen molar-refractivity contribution in [1.82, 2.24) is 4.98 Å². The first-order chi connectivity index (χ1) is 9.28. The lowest BCUT2D eigenvalue weighted by atomic mass is 10.2. The molecule has 7 heteroatoms. The van der Waals surface area contributed by atoms with Gasteiger partial charge in [-0.2, -0.15) is 0 Å². The van der Waals surface area contributed by atoms with Crippen molar-refractivity contribution in [2.24, 2.45) is 0 Å². The van der Waals surface area contributed by atoms with Crippen LogP contribution in [0.4, 0.5) is 10.2 Å². The lowest BCUT2D eigenvalue weighted by Gasteiger charge is -2.09. The Morgan fingerprint density at radius 1 is 1.20 bits per heavy atom. The molecule has 0 unspecified atom stereocenters. The van der Waals surface area contributed by atoms with E-state index in [4.69, 9.17) is 0 Å². The number of hydrogen-bond donors (Lipinski definition) is 1. The predicted octanol–water partition coefficient (Wildman–Crippen LogP) is 3.40. The van der Waals surface area contributed by atoms with E-state index in [2.05, 4.69) is 25.6 Å². The minimum atomic E-state index is -4.00. The van der Waals surface area contributed by atoms with Crippen LogP contribution in [0.5, 0.6) is 0 Å². The molecule has 1 aromatic carbocycles. The predicted molar refractivity (Wildman–Crippen MR) is 78.6 cm³/mol. The first-order valence-corrected chi connectivity index (χ1v) is 7.99. The minimum absolute atomic E-state index is 0.171. The van der Waals surface area contributed by atoms with Crippen LogP contribution in [0, 0.1) is 19.7 Å². The van der Waals surface area contributed by atoms with Gasteiger partial charge in [-0.1, -0.05) is 15.9 Å². The van der Waals surface area contributed by atoms with Gasteiger partial charge in [0.15, 0.2) is 0 Å². The summed E-state index contributed by atoms with van der Waals surface area (Å²) in [5, 5.41) is 0. The molecule has 0 aliphatic carbocycles. The average Bonchev–Trinajstić information content (AvgIpc) is 2.25. The van der Waals surface area contributed by atoms with Gasteiger partial charge in [0.25, 0.3) is 10.0 Å². The van der Waals surface area contributed by atoms with Crippen molar-refractivity contribution in [2.75, 3.05) is 4.72 Å². The molecule has 0 saturated carbocycles. The molecular weight excluding hydrogens is 347 g/mol. The fourth-order valence-electron chi connectivity index (χ4n) is 1.78. The largest absolute Gasteiger partial charge is 0.265 e. The molecule has 0 bridgehead atoms. The molecular formula is C13H12BrFN2O2S. The molecule has 0 atom stereocenters. The van der Waals surface area contributed by atoms with Crippen LogP contribution in [0.15, 0.2) is 39.7 Å². The fourth-order valence-corrected chi connectivity index (χ4v) is 3.17. The number of aromatic nitrogens is 1. The number of aryl methyl sites for hydroxylation is 2. The van der Waals surface area contributed by atoms with Crippen molar-refractivity contribution >= 4 is 31.8 Å². The summed E-state index contributed by atoms with van der Waals surface area (Å²) in [4.78, 5) is 3.65. The number of nitrogens with one attached hydrogen (secondary N) is 1. The number of sulfonamides is 1. The van der Waals surface area contributed by atoms with Crippen molar-refractivity contribution in [3.8, 4) is 0 Å². The van der Waals surface area contributed by atoms with Gasteiger partial charge in [0.2, 0.25) is 0 Å². The second-order valence-electron chi connectivity index (χ2n) is 4.35. The summed E-state index contributed by atoms with van der Waals surface area (Å²) in [6, 6.07) is 7.17. The summed E-state index contributed by atoms with van der Waals surface area (Å²) in [6.45, 7) is 3.58. The van der Waals surface area contributed by atoms with E-state index in [0.717, 1.165) is 11.6 Å². The number of rotatable bonds is 3. The van der Waals surface area contributed by atoms with Crippen molar-refractivity contribution in [3.63, 3.8) is 0 Å². The van der Waals surface area contributed by atoms with E-state index >= 15 is 0 Å². The zero-order valence-electron chi connectivity index (χ0n) is 10.8. The Kier molecular flexibility index (Phi) is 4.10. The molecule has 0 spiro atoms. The summed E-state index contributed by atoms with van der Waals surface area (Å²) in [6.07, 6.45) is 0. The van der Waals surface area contributed by atoms with E-state index in [9.17, 15) is 12.8 Å². The summed E-state index contributed by atoms with van der Waals surface area (Å²) in [7, 11) is -4.00. The Balaban J connectivity index is 2.40. The van der Waals surface area contributed by atoms with Crippen LogP contribution < -0.4 is 4.72 Å². The minimum Gasteiger partial charge on any atom is -0.263 e. The van der Waals surface area contributed by atoms with Gasteiger partial charge in [-0.15, -0.1) is 0 Å². The molecule has 20 heavy (non-hydrogen) atoms. The highest BCUT2D eigenvalue weighted by Gasteiger charge is 2.20. The third-order valence-electron chi connectivity index (χ3n) is 2.52. The Morgan fingerprint density at radius 2 is 1.90 bits per heavy atom. The zero-order valence-corrected chi connectivity index (χ0v) is 13.2. The van der Waals surface area contributed by atoms with E-state index in [1.807, 2.05) is 13.0 Å². The standard InChI is InChI=1S/C13H12BrFN2O2S/c1-8-5-9(2)16-13(6-8)17-20(18,19)12-4-3-10(14)7-11(12)15/h3-7H,1-2H3,(H,16,17). The molecule has 4 nitrogen and oxygen atoms in total. The smallest absolute Gasteiger partial charge is 0.263 e. The third-order valence-corrected chi connectivity index (χ3v) is 4.40. The fraction of sp³-hybridized carbons (Fsp3) is 0.154. The Labute approximate surface area is 125 Å². The lowest BCUT2D eigenvalue weighted by Crippen LogP contribution is -2.15. The molecule has 0 radical (unpaired) electrons. The van der Waals surface area contributed by atoms with Crippen LogP contribution >= 0.6 is 15.9 Å². The topological polar surface area (TPSA) is 59.1 Å². The van der Waals surface area contributed by atoms with Crippen molar-refractivity contribution < 1.29 is 12.8 Å². The monoisotopic (exact) mass is 358 g/mol. The number of nitrogens with zero attached hydrogens (tertiary/aromatic N) is 1. The molecule has 0 aliphatic rings. The number of anilines is 1. The van der Waals surface area contributed by atoms with Crippen LogP contribution in [-0.4, -0.2) is 13.4 Å². The number of hydrogen-bond acceptors (Lipinski definition) is 3. The lowest BCUT2D eigenvalue weighted by molar-refractivity contribution is 0.569. The van der Waals surface area contributed by atoms with Crippen LogP contribution in [0.25, 0.3) is 0 Å². The molecule has 0 amide bonds. The van der Waals surface area contributed by atoms with Crippen molar-refractivity contribution in [1.29, 1.82) is 0 Å². The van der Waals surface area contributed by atoms with E-state index in [1.54, 1.807) is 13.0 Å². The number of pyridine rings is 1.